The molecule has 0 radical (unpaired) electrons. The van der Waals surface area contributed by atoms with Gasteiger partial charge in [-0.15, -0.1) is 6.58 Å². The number of carbonyl (C=O) groups is 3. The van der Waals surface area contributed by atoms with E-state index in [-0.39, 0.29) is 18.8 Å². The Kier molecular flexibility index (Phi) is 8.92. The molecule has 1 fully saturated rings. The Balaban J connectivity index is 1.79. The number of esters is 3. The van der Waals surface area contributed by atoms with Gasteiger partial charge in [0.05, 0.1) is 17.7 Å². The summed E-state index contributed by atoms with van der Waals surface area (Å²) in [4.78, 5) is 36.7. The maximum absolute atomic E-state index is 12.6. The average Bonchev–Trinajstić information content (AvgIpc) is 2.85. The molecule has 1 aliphatic rings. The van der Waals surface area contributed by atoms with Crippen LogP contribution in [0.4, 0.5) is 0 Å². The van der Waals surface area contributed by atoms with E-state index in [0.29, 0.717) is 5.56 Å². The molecular formula is C25H26O9. The van der Waals surface area contributed by atoms with Crippen LogP contribution in [0.2, 0.25) is 0 Å². The molecule has 0 saturated carbocycles. The Bertz CT molecular complexity index is 974. The van der Waals surface area contributed by atoms with Crippen molar-refractivity contribution in [3.05, 3.63) is 84.4 Å². The third-order valence-electron chi connectivity index (χ3n) is 4.94. The van der Waals surface area contributed by atoms with E-state index in [1.54, 1.807) is 60.7 Å². The summed E-state index contributed by atoms with van der Waals surface area (Å²) in [6, 6.07) is 16.4. The monoisotopic (exact) mass is 470 g/mol. The summed E-state index contributed by atoms with van der Waals surface area (Å²) >= 11 is 0. The first-order valence-corrected chi connectivity index (χ1v) is 10.6. The van der Waals surface area contributed by atoms with Crippen molar-refractivity contribution in [1.29, 1.82) is 0 Å². The van der Waals surface area contributed by atoms with Gasteiger partial charge < -0.3 is 28.8 Å². The van der Waals surface area contributed by atoms with Crippen LogP contribution in [0.1, 0.15) is 27.6 Å². The number of carbonyl (C=O) groups excluding carboxylic acids is 3. The van der Waals surface area contributed by atoms with E-state index < -0.39 is 48.6 Å². The van der Waals surface area contributed by atoms with Crippen LogP contribution in [0.25, 0.3) is 0 Å². The van der Waals surface area contributed by atoms with Crippen molar-refractivity contribution >= 4 is 17.9 Å². The normalized spacial score (nSPS) is 24.0. The van der Waals surface area contributed by atoms with E-state index in [1.165, 1.54) is 6.08 Å². The topological polar surface area (TPSA) is 118 Å². The Morgan fingerprint density at radius 3 is 2.09 bits per heavy atom. The molecule has 1 aliphatic heterocycles. The van der Waals surface area contributed by atoms with Gasteiger partial charge >= 0.3 is 17.9 Å². The lowest BCUT2D eigenvalue weighted by Gasteiger charge is -2.42. The van der Waals surface area contributed by atoms with Crippen molar-refractivity contribution in [2.24, 2.45) is 0 Å². The fourth-order valence-electron chi connectivity index (χ4n) is 3.37. The number of hydrogen-bond acceptors (Lipinski definition) is 9. The van der Waals surface area contributed by atoms with Crippen LogP contribution in [0.3, 0.4) is 0 Å². The third kappa shape index (κ3) is 6.50. The van der Waals surface area contributed by atoms with Crippen LogP contribution in [-0.4, -0.2) is 66.9 Å². The molecule has 9 nitrogen and oxygen atoms in total. The van der Waals surface area contributed by atoms with Gasteiger partial charge in [0.2, 0.25) is 0 Å². The molecule has 5 atom stereocenters. The van der Waals surface area contributed by atoms with Crippen LogP contribution in [0.15, 0.2) is 73.3 Å². The van der Waals surface area contributed by atoms with Gasteiger partial charge in [-0.1, -0.05) is 42.5 Å². The Morgan fingerprint density at radius 1 is 0.941 bits per heavy atom. The zero-order valence-corrected chi connectivity index (χ0v) is 18.6. The molecule has 1 saturated heterocycles. The molecule has 3 rings (SSSR count). The van der Waals surface area contributed by atoms with Crippen molar-refractivity contribution in [2.75, 3.05) is 13.2 Å². The first kappa shape index (κ1) is 25.1. The number of aliphatic hydroxyl groups is 1. The Labute approximate surface area is 196 Å². The van der Waals surface area contributed by atoms with E-state index in [2.05, 4.69) is 6.58 Å². The highest BCUT2D eigenvalue weighted by atomic mass is 16.7. The lowest BCUT2D eigenvalue weighted by Crippen LogP contribution is -2.61. The van der Waals surface area contributed by atoms with Gasteiger partial charge in [0, 0.05) is 6.92 Å². The summed E-state index contributed by atoms with van der Waals surface area (Å²) in [5.74, 6) is -2.05. The average molecular weight is 470 g/mol. The highest BCUT2D eigenvalue weighted by Crippen LogP contribution is 2.28. The molecule has 9 heteroatoms. The molecule has 0 amide bonds. The Hall–Kier alpha value is -3.53. The summed E-state index contributed by atoms with van der Waals surface area (Å²) in [6.07, 6.45) is -5.04. The highest BCUT2D eigenvalue weighted by molar-refractivity contribution is 5.89. The molecule has 0 bridgehead atoms. The standard InChI is InChI=1S/C25H26O9/c1-3-14-30-25-22(34-24(29)18-12-8-5-9-13-18)20(27)21(32-16(2)26)19(33-25)15-31-23(28)17-10-6-4-7-11-17/h3-13,19-22,25,27H,1,14-15H2,2H3/t19-,20+,21-,22-,25+/m1/s1. The predicted octanol–water partition coefficient (Wildman–Crippen LogP) is 2.29. The van der Waals surface area contributed by atoms with Crippen molar-refractivity contribution in [3.63, 3.8) is 0 Å². The molecule has 0 aliphatic carbocycles. The zero-order valence-electron chi connectivity index (χ0n) is 18.6. The van der Waals surface area contributed by atoms with Gasteiger partial charge in [0.1, 0.15) is 18.8 Å². The second-order valence-corrected chi connectivity index (χ2v) is 7.43. The maximum atomic E-state index is 12.6. The molecule has 34 heavy (non-hydrogen) atoms. The third-order valence-corrected chi connectivity index (χ3v) is 4.94. The number of rotatable bonds is 9. The molecule has 0 spiro atoms. The van der Waals surface area contributed by atoms with E-state index in [0.717, 1.165) is 6.92 Å². The predicted molar refractivity (Wildman–Crippen MR) is 119 cm³/mol. The fourth-order valence-corrected chi connectivity index (χ4v) is 3.37. The van der Waals surface area contributed by atoms with Gasteiger partial charge in [-0.3, -0.25) is 4.79 Å². The fraction of sp³-hybridized carbons (Fsp3) is 0.320. The number of ether oxygens (including phenoxy) is 5. The van der Waals surface area contributed by atoms with Crippen LogP contribution in [-0.2, 0) is 28.5 Å². The zero-order chi connectivity index (χ0) is 24.5. The minimum atomic E-state index is -1.53. The smallest absolute Gasteiger partial charge is 0.338 e. The summed E-state index contributed by atoms with van der Waals surface area (Å²) < 4.78 is 27.5. The summed E-state index contributed by atoms with van der Waals surface area (Å²) in [6.45, 7) is 4.40. The van der Waals surface area contributed by atoms with Crippen molar-refractivity contribution in [2.45, 2.75) is 37.6 Å². The summed E-state index contributed by atoms with van der Waals surface area (Å²) in [5, 5.41) is 11.0. The van der Waals surface area contributed by atoms with Crippen LogP contribution >= 0.6 is 0 Å². The van der Waals surface area contributed by atoms with Crippen molar-refractivity contribution in [3.8, 4) is 0 Å². The van der Waals surface area contributed by atoms with E-state index in [9.17, 15) is 19.5 Å². The van der Waals surface area contributed by atoms with Crippen molar-refractivity contribution in [1.82, 2.24) is 0 Å². The molecule has 0 aromatic heterocycles. The highest BCUT2D eigenvalue weighted by Gasteiger charge is 2.50. The molecule has 2 aromatic rings. The van der Waals surface area contributed by atoms with Gasteiger partial charge in [0.15, 0.2) is 18.5 Å². The minimum Gasteiger partial charge on any atom is -0.459 e. The van der Waals surface area contributed by atoms with Gasteiger partial charge in [0.25, 0.3) is 0 Å². The molecule has 0 unspecified atom stereocenters. The summed E-state index contributed by atoms with van der Waals surface area (Å²) in [7, 11) is 0. The second-order valence-electron chi connectivity index (χ2n) is 7.43. The maximum Gasteiger partial charge on any atom is 0.338 e. The molecule has 2 aromatic carbocycles. The quantitative estimate of drug-likeness (QED) is 0.335. The summed E-state index contributed by atoms with van der Waals surface area (Å²) in [5.41, 5.74) is 0.567. The van der Waals surface area contributed by atoms with Crippen molar-refractivity contribution < 1.29 is 43.2 Å². The lowest BCUT2D eigenvalue weighted by molar-refractivity contribution is -0.299. The lowest BCUT2D eigenvalue weighted by atomic mass is 9.98. The molecule has 180 valence electrons. The van der Waals surface area contributed by atoms with Gasteiger partial charge in [-0.2, -0.15) is 0 Å². The van der Waals surface area contributed by atoms with Gasteiger partial charge in [-0.25, -0.2) is 9.59 Å². The van der Waals surface area contributed by atoms with Crippen LogP contribution in [0, 0.1) is 0 Å². The van der Waals surface area contributed by atoms with Crippen LogP contribution in [0.5, 0.6) is 0 Å². The second kappa shape index (κ2) is 12.1. The number of hydrogen-bond donors (Lipinski definition) is 1. The first-order chi connectivity index (χ1) is 16.4. The largest absolute Gasteiger partial charge is 0.459 e. The minimum absolute atomic E-state index is 0.0194. The Morgan fingerprint density at radius 2 is 1.53 bits per heavy atom. The van der Waals surface area contributed by atoms with E-state index in [4.69, 9.17) is 23.7 Å². The van der Waals surface area contributed by atoms with Crippen LogP contribution < -0.4 is 0 Å². The number of aliphatic hydroxyl groups excluding tert-OH is 1. The molecular weight excluding hydrogens is 444 g/mol. The number of benzene rings is 2. The molecule has 1 N–H and O–H groups in total. The van der Waals surface area contributed by atoms with E-state index in [1.807, 2.05) is 0 Å². The molecule has 1 heterocycles. The SMILES string of the molecule is C=CCO[C@H]1O[C@H](COC(=O)c2ccccc2)[C@@H](OC(C)=O)[C@H](O)[C@H]1OC(=O)c1ccccc1. The first-order valence-electron chi connectivity index (χ1n) is 10.6. The van der Waals surface area contributed by atoms with E-state index >= 15 is 0 Å². The van der Waals surface area contributed by atoms with Gasteiger partial charge in [-0.05, 0) is 24.3 Å².